The van der Waals surface area contributed by atoms with Crippen LogP contribution in [0.2, 0.25) is 0 Å². The fourth-order valence-corrected chi connectivity index (χ4v) is 9.63. The number of ether oxygens (including phenoxy) is 2. The largest absolute Gasteiger partial charge is 0.487 e. The van der Waals surface area contributed by atoms with Gasteiger partial charge in [0.1, 0.15) is 35.5 Å². The van der Waals surface area contributed by atoms with Gasteiger partial charge in [0, 0.05) is 40.6 Å². The number of ketones is 2. The number of benzene rings is 1. The van der Waals surface area contributed by atoms with E-state index in [-0.39, 0.29) is 48.5 Å². The van der Waals surface area contributed by atoms with E-state index in [4.69, 9.17) is 19.4 Å². The molecule has 0 radical (unpaired) electrons. The molecular formula is C43H55N5O6S. The van der Waals surface area contributed by atoms with E-state index in [0.29, 0.717) is 24.3 Å². The Morgan fingerprint density at radius 1 is 1.02 bits per heavy atom. The third kappa shape index (κ3) is 8.59. The van der Waals surface area contributed by atoms with Gasteiger partial charge in [-0.3, -0.25) is 14.4 Å². The van der Waals surface area contributed by atoms with Crippen LogP contribution in [0.4, 0.5) is 9.93 Å². The SMILES string of the molecule is CC(=O)[C@]12CC(=O)[C@@H]3[C@H](C)[C@@H](Oc4cc(-c5csc(NC(C)C)n5)nc5cc(C)ccc45)CN3C(=O)[C@@H](NC(=O)OC3CCCC3)CCCCC/C=C\[C@@H]1C2. The first-order chi connectivity index (χ1) is 26.4. The van der Waals surface area contributed by atoms with E-state index >= 15 is 0 Å². The Bertz CT molecular complexity index is 1950. The summed E-state index contributed by atoms with van der Waals surface area (Å²) in [5.74, 6) is -0.269. The Balaban J connectivity index is 1.22. The van der Waals surface area contributed by atoms with Crippen LogP contribution in [0.3, 0.4) is 0 Å². The highest BCUT2D eigenvalue weighted by Crippen LogP contribution is 2.57. The Labute approximate surface area is 328 Å². The minimum absolute atomic E-state index is 0.00483. The van der Waals surface area contributed by atoms with E-state index in [1.165, 1.54) is 11.3 Å². The summed E-state index contributed by atoms with van der Waals surface area (Å²) in [6.07, 6.45) is 11.1. The van der Waals surface area contributed by atoms with Gasteiger partial charge in [0.25, 0.3) is 0 Å². The van der Waals surface area contributed by atoms with Crippen molar-refractivity contribution in [1.29, 1.82) is 0 Å². The van der Waals surface area contributed by atoms with Gasteiger partial charge in [-0.05, 0) is 103 Å². The quantitative estimate of drug-likeness (QED) is 0.217. The molecule has 3 fully saturated rings. The van der Waals surface area contributed by atoms with Crippen molar-refractivity contribution >= 4 is 50.9 Å². The lowest BCUT2D eigenvalue weighted by molar-refractivity contribution is -0.141. The number of pyridine rings is 1. The van der Waals surface area contributed by atoms with Crippen molar-refractivity contribution in [3.63, 3.8) is 0 Å². The number of Topliss-reactive ketones (excluding diaryl/α,β-unsaturated/α-hetero) is 2. The molecule has 0 spiro atoms. The van der Waals surface area contributed by atoms with Crippen LogP contribution in [0.5, 0.6) is 5.75 Å². The van der Waals surface area contributed by atoms with Crippen molar-refractivity contribution < 1.29 is 28.7 Å². The molecule has 2 aliphatic heterocycles. The maximum Gasteiger partial charge on any atom is 0.408 e. The number of thiazole rings is 1. The number of aryl methyl sites for hydroxylation is 1. The molecule has 0 unspecified atom stereocenters. The first-order valence-corrected chi connectivity index (χ1v) is 21.1. The van der Waals surface area contributed by atoms with E-state index in [1.807, 2.05) is 43.5 Å². The molecule has 2 aromatic heterocycles. The van der Waals surface area contributed by atoms with Crippen molar-refractivity contribution in [1.82, 2.24) is 20.2 Å². The van der Waals surface area contributed by atoms with E-state index in [1.54, 1.807) is 11.8 Å². The van der Waals surface area contributed by atoms with Crippen LogP contribution in [-0.4, -0.2) is 75.3 Å². The lowest BCUT2D eigenvalue weighted by Crippen LogP contribution is -2.53. The maximum atomic E-state index is 14.7. The average Bonchev–Trinajstić information content (AvgIpc) is 3.49. The first kappa shape index (κ1) is 38.9. The predicted octanol–water partition coefficient (Wildman–Crippen LogP) is 8.19. The van der Waals surface area contributed by atoms with Crippen LogP contribution in [0, 0.1) is 24.2 Å². The Kier molecular flexibility index (Phi) is 11.6. The van der Waals surface area contributed by atoms with Crippen LogP contribution in [0.15, 0.2) is 41.8 Å². The summed E-state index contributed by atoms with van der Waals surface area (Å²) >= 11 is 1.51. The molecule has 2 saturated carbocycles. The van der Waals surface area contributed by atoms with Gasteiger partial charge in [0.15, 0.2) is 10.9 Å². The number of carbonyl (C=O) groups is 4. The number of alkyl carbamates (subject to hydrolysis) is 1. The van der Waals surface area contributed by atoms with Crippen LogP contribution in [-0.2, 0) is 19.1 Å². The lowest BCUT2D eigenvalue weighted by Gasteiger charge is -2.30. The minimum Gasteiger partial charge on any atom is -0.487 e. The smallest absolute Gasteiger partial charge is 0.408 e. The van der Waals surface area contributed by atoms with E-state index < -0.39 is 35.6 Å². The highest BCUT2D eigenvalue weighted by Gasteiger charge is 2.59. The second kappa shape index (κ2) is 16.4. The molecule has 294 valence electrons. The number of fused-ring (bicyclic) bond motifs is 3. The zero-order valence-corrected chi connectivity index (χ0v) is 33.6. The summed E-state index contributed by atoms with van der Waals surface area (Å²) in [5, 5.41) is 9.87. The number of nitrogens with zero attached hydrogens (tertiary/aromatic N) is 3. The summed E-state index contributed by atoms with van der Waals surface area (Å²) in [4.78, 5) is 67.1. The maximum absolute atomic E-state index is 14.7. The van der Waals surface area contributed by atoms with Gasteiger partial charge in [-0.15, -0.1) is 11.3 Å². The molecular weight excluding hydrogens is 715 g/mol. The van der Waals surface area contributed by atoms with Gasteiger partial charge in [0.05, 0.1) is 23.8 Å². The summed E-state index contributed by atoms with van der Waals surface area (Å²) in [5.41, 5.74) is 2.44. The van der Waals surface area contributed by atoms with Crippen LogP contribution in [0.25, 0.3) is 22.3 Å². The Hall–Kier alpha value is -4.32. The van der Waals surface area contributed by atoms with Crippen molar-refractivity contribution in [2.45, 2.75) is 136 Å². The number of carbonyl (C=O) groups excluding carboxylic acids is 4. The average molecular weight is 770 g/mol. The number of allylic oxidation sites excluding steroid dienone is 2. The summed E-state index contributed by atoms with van der Waals surface area (Å²) in [7, 11) is 0. The molecule has 0 bridgehead atoms. The minimum atomic E-state index is -0.860. The Morgan fingerprint density at radius 2 is 1.80 bits per heavy atom. The fraction of sp³-hybridized carbons (Fsp3) is 0.581. The number of rotatable bonds is 8. The zero-order valence-electron chi connectivity index (χ0n) is 32.8. The molecule has 4 heterocycles. The topological polar surface area (TPSA) is 140 Å². The molecule has 4 aliphatic rings. The number of hydrogen-bond acceptors (Lipinski definition) is 10. The molecule has 7 rings (SSSR count). The first-order valence-electron chi connectivity index (χ1n) is 20.2. The van der Waals surface area contributed by atoms with Gasteiger partial charge in [-0.1, -0.05) is 38.0 Å². The van der Waals surface area contributed by atoms with Gasteiger partial charge >= 0.3 is 6.09 Å². The monoisotopic (exact) mass is 769 g/mol. The van der Waals surface area contributed by atoms with Crippen molar-refractivity contribution in [3.05, 3.63) is 47.4 Å². The molecule has 2 N–H and O–H groups in total. The third-order valence-electron chi connectivity index (χ3n) is 12.0. The molecule has 2 aliphatic carbocycles. The number of hydrogen-bond donors (Lipinski definition) is 2. The van der Waals surface area contributed by atoms with Crippen LogP contribution < -0.4 is 15.4 Å². The number of amides is 2. The van der Waals surface area contributed by atoms with Crippen molar-refractivity contribution in [2.24, 2.45) is 17.3 Å². The van der Waals surface area contributed by atoms with E-state index in [0.717, 1.165) is 78.7 Å². The zero-order chi connectivity index (χ0) is 38.9. The molecule has 6 atom stereocenters. The molecule has 12 heteroatoms. The summed E-state index contributed by atoms with van der Waals surface area (Å²) in [6, 6.07) is 6.45. The van der Waals surface area contributed by atoms with Gasteiger partial charge in [0.2, 0.25) is 5.91 Å². The number of nitrogens with one attached hydrogen (secondary N) is 2. The van der Waals surface area contributed by atoms with Gasteiger partial charge in [-0.25, -0.2) is 14.8 Å². The highest BCUT2D eigenvalue weighted by molar-refractivity contribution is 7.14. The summed E-state index contributed by atoms with van der Waals surface area (Å²) in [6.45, 7) is 9.83. The van der Waals surface area contributed by atoms with Crippen molar-refractivity contribution in [2.75, 3.05) is 11.9 Å². The predicted molar refractivity (Wildman–Crippen MR) is 214 cm³/mol. The molecule has 1 saturated heterocycles. The molecule has 1 aromatic carbocycles. The van der Waals surface area contributed by atoms with Gasteiger partial charge in [-0.2, -0.15) is 0 Å². The molecule has 3 aromatic rings. The second-order valence-corrected chi connectivity index (χ2v) is 17.4. The lowest BCUT2D eigenvalue weighted by atomic mass is 9.86. The van der Waals surface area contributed by atoms with E-state index in [2.05, 4.69) is 36.6 Å². The molecule has 2 amide bonds. The standard InChI is InChI=1S/C43H55N5O6S/c1-25(2)44-41-46-35(24-55-41)34-20-37(31-18-17-26(3)19-33(31)45-34)54-38-23-48-39(27(38)4)36(50)22-43(28(5)49)21-29(43)13-9-7-6-8-10-16-32(40(48)51)47-42(52)53-30-14-11-12-15-30/h9,13,17-20,24-25,27,29-30,32,38-39H,6-8,10-12,14-16,21-23H2,1-5H3,(H,44,46)(H,47,52)/b13-9-/t27-,29-,32+,38+,39+,43+/m1/s1. The highest BCUT2D eigenvalue weighted by atomic mass is 32.1. The van der Waals surface area contributed by atoms with Crippen LogP contribution in [0.1, 0.15) is 104 Å². The summed E-state index contributed by atoms with van der Waals surface area (Å²) < 4.78 is 12.7. The van der Waals surface area contributed by atoms with E-state index in [9.17, 15) is 19.2 Å². The number of aromatic nitrogens is 2. The van der Waals surface area contributed by atoms with Crippen molar-refractivity contribution in [3.8, 4) is 17.1 Å². The third-order valence-corrected chi connectivity index (χ3v) is 12.8. The second-order valence-electron chi connectivity index (χ2n) is 16.6. The van der Waals surface area contributed by atoms with Crippen LogP contribution >= 0.6 is 11.3 Å². The number of anilines is 1. The molecule has 55 heavy (non-hydrogen) atoms. The molecule has 11 nitrogen and oxygen atoms in total. The fourth-order valence-electron chi connectivity index (χ4n) is 8.78. The Morgan fingerprint density at radius 3 is 2.56 bits per heavy atom. The van der Waals surface area contributed by atoms with Gasteiger partial charge < -0.3 is 25.0 Å². The normalized spacial score (nSPS) is 28.3.